The highest BCUT2D eigenvalue weighted by Crippen LogP contribution is 2.38. The van der Waals surface area contributed by atoms with Gasteiger partial charge in [0.25, 0.3) is 5.91 Å². The highest BCUT2D eigenvalue weighted by atomic mass is 32.2. The predicted molar refractivity (Wildman–Crippen MR) is 141 cm³/mol. The Balaban J connectivity index is 1.69. The van der Waals surface area contributed by atoms with E-state index in [2.05, 4.69) is 54.7 Å². The number of amides is 1. The van der Waals surface area contributed by atoms with Gasteiger partial charge in [0.15, 0.2) is 5.84 Å². The summed E-state index contributed by atoms with van der Waals surface area (Å²) in [6.07, 6.45) is 7.35. The van der Waals surface area contributed by atoms with Gasteiger partial charge in [0, 0.05) is 21.8 Å². The number of fused-ring (bicyclic) bond motifs is 1. The van der Waals surface area contributed by atoms with Gasteiger partial charge in [-0.15, -0.1) is 18.2 Å². The summed E-state index contributed by atoms with van der Waals surface area (Å²) in [4.78, 5) is 19.0. The molecule has 0 radical (unpaired) electrons. The number of carbonyl (C=O) groups excluding carboxylic acids is 1. The van der Waals surface area contributed by atoms with Crippen LogP contribution in [0.3, 0.4) is 0 Å². The van der Waals surface area contributed by atoms with Crippen LogP contribution in [0.15, 0.2) is 76.6 Å². The van der Waals surface area contributed by atoms with Crippen LogP contribution in [0.4, 0.5) is 11.4 Å². The minimum absolute atomic E-state index is 0.187. The van der Waals surface area contributed by atoms with E-state index < -0.39 is 0 Å². The molecule has 6 heteroatoms. The zero-order valence-electron chi connectivity index (χ0n) is 19.5. The van der Waals surface area contributed by atoms with Crippen LogP contribution in [-0.2, 0) is 4.79 Å². The van der Waals surface area contributed by atoms with Crippen LogP contribution >= 0.6 is 11.8 Å². The second-order valence-electron chi connectivity index (χ2n) is 8.25. The van der Waals surface area contributed by atoms with E-state index in [4.69, 9.17) is 16.2 Å². The molecule has 1 atom stereocenters. The summed E-state index contributed by atoms with van der Waals surface area (Å²) in [7, 11) is 0. The van der Waals surface area contributed by atoms with Gasteiger partial charge in [-0.05, 0) is 59.7 Å². The molecule has 5 nitrogen and oxygen atoms in total. The first kappa shape index (κ1) is 23.5. The summed E-state index contributed by atoms with van der Waals surface area (Å²) in [6.45, 7) is 4.51. The molecular formula is C28H27N3O2S. The van der Waals surface area contributed by atoms with Crippen LogP contribution in [0, 0.1) is 12.3 Å². The number of amidine groups is 1. The van der Waals surface area contributed by atoms with E-state index in [0.29, 0.717) is 11.7 Å². The van der Waals surface area contributed by atoms with Crippen molar-refractivity contribution in [2.24, 2.45) is 4.99 Å². The SMILES string of the molecule is C#CCOc1ccc2c(c1)C(c1ccc(C(C)C)cc1)N=C(C(=O)Nc1cccc(SC)c1)N2. The number of thioether (sulfide) groups is 1. The van der Waals surface area contributed by atoms with Gasteiger partial charge < -0.3 is 15.4 Å². The van der Waals surface area contributed by atoms with E-state index in [-0.39, 0.29) is 24.4 Å². The third-order valence-electron chi connectivity index (χ3n) is 5.61. The Labute approximate surface area is 205 Å². The van der Waals surface area contributed by atoms with Gasteiger partial charge in [-0.3, -0.25) is 9.79 Å². The maximum atomic E-state index is 13.1. The van der Waals surface area contributed by atoms with E-state index in [0.717, 1.165) is 27.4 Å². The van der Waals surface area contributed by atoms with Gasteiger partial charge in [0.2, 0.25) is 0 Å². The molecule has 0 aromatic heterocycles. The van der Waals surface area contributed by atoms with Crippen molar-refractivity contribution in [1.29, 1.82) is 0 Å². The summed E-state index contributed by atoms with van der Waals surface area (Å²) in [5.74, 6) is 3.56. The molecule has 1 aliphatic rings. The Morgan fingerprint density at radius 3 is 2.68 bits per heavy atom. The second kappa shape index (κ2) is 10.5. The third-order valence-corrected chi connectivity index (χ3v) is 6.34. The summed E-state index contributed by atoms with van der Waals surface area (Å²) in [5.41, 5.74) is 4.70. The Morgan fingerprint density at radius 2 is 1.97 bits per heavy atom. The van der Waals surface area contributed by atoms with Crippen LogP contribution in [0.5, 0.6) is 5.75 Å². The van der Waals surface area contributed by atoms with Crippen molar-refractivity contribution in [1.82, 2.24) is 0 Å². The van der Waals surface area contributed by atoms with E-state index in [9.17, 15) is 4.79 Å². The van der Waals surface area contributed by atoms with Crippen molar-refractivity contribution in [3.8, 4) is 18.1 Å². The lowest BCUT2D eigenvalue weighted by Gasteiger charge is -2.26. The summed E-state index contributed by atoms with van der Waals surface area (Å²) in [6, 6.07) is 21.4. The van der Waals surface area contributed by atoms with E-state index in [1.807, 2.05) is 48.7 Å². The molecule has 2 N–H and O–H groups in total. The molecule has 0 saturated heterocycles. The summed E-state index contributed by atoms with van der Waals surface area (Å²) >= 11 is 1.62. The monoisotopic (exact) mass is 469 g/mol. The normalized spacial score (nSPS) is 14.4. The molecule has 1 heterocycles. The van der Waals surface area contributed by atoms with Crippen LogP contribution in [0.25, 0.3) is 0 Å². The van der Waals surface area contributed by atoms with Crippen LogP contribution in [0.1, 0.15) is 42.5 Å². The lowest BCUT2D eigenvalue weighted by molar-refractivity contribution is -0.110. The number of benzene rings is 3. The number of anilines is 2. The van der Waals surface area contributed by atoms with Crippen molar-refractivity contribution in [3.63, 3.8) is 0 Å². The minimum Gasteiger partial charge on any atom is -0.481 e. The summed E-state index contributed by atoms with van der Waals surface area (Å²) in [5, 5.41) is 6.16. The number of hydrogen-bond donors (Lipinski definition) is 2. The molecule has 0 saturated carbocycles. The third kappa shape index (κ3) is 5.27. The van der Waals surface area contributed by atoms with Gasteiger partial charge >= 0.3 is 0 Å². The highest BCUT2D eigenvalue weighted by Gasteiger charge is 2.27. The van der Waals surface area contributed by atoms with Gasteiger partial charge in [0.1, 0.15) is 18.4 Å². The van der Waals surface area contributed by atoms with Crippen molar-refractivity contribution < 1.29 is 9.53 Å². The lowest BCUT2D eigenvalue weighted by Crippen LogP contribution is -2.33. The molecule has 1 amide bonds. The Bertz CT molecular complexity index is 1260. The fourth-order valence-corrected chi connectivity index (χ4v) is 4.24. The zero-order chi connectivity index (χ0) is 24.1. The molecule has 0 spiro atoms. The molecule has 3 aromatic rings. The fourth-order valence-electron chi connectivity index (χ4n) is 3.78. The van der Waals surface area contributed by atoms with Gasteiger partial charge in [-0.2, -0.15) is 0 Å². The maximum absolute atomic E-state index is 13.1. The first-order valence-corrected chi connectivity index (χ1v) is 12.3. The molecule has 1 aliphatic heterocycles. The van der Waals surface area contributed by atoms with Crippen molar-refractivity contribution >= 4 is 34.9 Å². The highest BCUT2D eigenvalue weighted by molar-refractivity contribution is 7.98. The number of carbonyl (C=O) groups is 1. The number of aliphatic imine (C=N–C) groups is 1. The second-order valence-corrected chi connectivity index (χ2v) is 9.13. The largest absolute Gasteiger partial charge is 0.481 e. The molecule has 4 rings (SSSR count). The van der Waals surface area contributed by atoms with Crippen molar-refractivity contribution in [3.05, 3.63) is 83.4 Å². The number of ether oxygens (including phenoxy) is 1. The standard InChI is InChI=1S/C28H27N3O2S/c1-5-15-33-22-13-14-25-24(17-22)26(20-11-9-19(10-12-20)18(2)3)31-27(30-25)28(32)29-21-7-6-8-23(16-21)34-4/h1,6-14,16-18,26H,15H2,2-4H3,(H,29,32)(H,30,31). The van der Waals surface area contributed by atoms with Crippen LogP contribution in [-0.4, -0.2) is 24.6 Å². The number of nitrogens with zero attached hydrogens (tertiary/aromatic N) is 1. The van der Waals surface area contributed by atoms with Crippen LogP contribution in [0.2, 0.25) is 0 Å². The molecule has 34 heavy (non-hydrogen) atoms. The minimum atomic E-state index is -0.356. The Hall–Kier alpha value is -3.69. The number of terminal acetylenes is 1. The first-order chi connectivity index (χ1) is 16.5. The smallest absolute Gasteiger partial charge is 0.291 e. The van der Waals surface area contributed by atoms with E-state index in [1.165, 1.54) is 5.56 Å². The van der Waals surface area contributed by atoms with E-state index >= 15 is 0 Å². The zero-order valence-corrected chi connectivity index (χ0v) is 20.3. The van der Waals surface area contributed by atoms with E-state index in [1.54, 1.807) is 11.8 Å². The Kier molecular flexibility index (Phi) is 7.24. The molecule has 172 valence electrons. The number of hydrogen-bond acceptors (Lipinski definition) is 5. The lowest BCUT2D eigenvalue weighted by atomic mass is 9.93. The van der Waals surface area contributed by atoms with Crippen molar-refractivity contribution in [2.75, 3.05) is 23.5 Å². The average molecular weight is 470 g/mol. The van der Waals surface area contributed by atoms with Crippen LogP contribution < -0.4 is 15.4 Å². The maximum Gasteiger partial charge on any atom is 0.291 e. The van der Waals surface area contributed by atoms with Gasteiger partial charge in [0.05, 0.1) is 0 Å². The molecule has 0 aliphatic carbocycles. The topological polar surface area (TPSA) is 62.7 Å². The molecule has 0 fully saturated rings. The molecular weight excluding hydrogens is 442 g/mol. The molecule has 1 unspecified atom stereocenters. The predicted octanol–water partition coefficient (Wildman–Crippen LogP) is 6.10. The fraction of sp³-hybridized carbons (Fsp3) is 0.214. The Morgan fingerprint density at radius 1 is 1.18 bits per heavy atom. The molecule has 3 aromatic carbocycles. The first-order valence-electron chi connectivity index (χ1n) is 11.1. The van der Waals surface area contributed by atoms with Crippen molar-refractivity contribution in [2.45, 2.75) is 30.7 Å². The number of nitrogens with one attached hydrogen (secondary N) is 2. The number of rotatable bonds is 7. The van der Waals surface area contributed by atoms with Gasteiger partial charge in [-0.25, -0.2) is 0 Å². The quantitative estimate of drug-likeness (QED) is 0.324. The van der Waals surface area contributed by atoms with Gasteiger partial charge in [-0.1, -0.05) is 50.1 Å². The average Bonchev–Trinajstić information content (AvgIpc) is 2.86. The summed E-state index contributed by atoms with van der Waals surface area (Å²) < 4.78 is 5.64. The molecule has 0 bridgehead atoms.